The van der Waals surface area contributed by atoms with E-state index < -0.39 is 47.9 Å². The summed E-state index contributed by atoms with van der Waals surface area (Å²) in [5, 5.41) is 17.1. The molecule has 29 heavy (non-hydrogen) atoms. The lowest BCUT2D eigenvalue weighted by Crippen LogP contribution is -2.58. The maximum absolute atomic E-state index is 12.8. The summed E-state index contributed by atoms with van der Waals surface area (Å²) < 4.78 is 0. The molecule has 0 aliphatic heterocycles. The zero-order chi connectivity index (χ0) is 22.9. The zero-order valence-electron chi connectivity index (χ0n) is 18.6. The quantitative estimate of drug-likeness (QED) is 0.316. The van der Waals surface area contributed by atoms with Crippen LogP contribution in [0.3, 0.4) is 0 Å². The maximum Gasteiger partial charge on any atom is 0.326 e. The van der Waals surface area contributed by atoms with E-state index >= 15 is 0 Å². The van der Waals surface area contributed by atoms with Crippen molar-refractivity contribution in [2.24, 2.45) is 23.5 Å². The second-order valence-corrected chi connectivity index (χ2v) is 8.74. The van der Waals surface area contributed by atoms with Crippen LogP contribution in [0.15, 0.2) is 0 Å². The van der Waals surface area contributed by atoms with E-state index in [-0.39, 0.29) is 24.2 Å². The third-order valence-corrected chi connectivity index (χ3v) is 4.32. The van der Waals surface area contributed by atoms with Crippen LogP contribution in [0.5, 0.6) is 0 Å². The summed E-state index contributed by atoms with van der Waals surface area (Å²) in [6.07, 6.45) is 0.655. The molecule has 9 heteroatoms. The molecule has 168 valence electrons. The van der Waals surface area contributed by atoms with Crippen LogP contribution in [0, 0.1) is 17.8 Å². The fourth-order valence-corrected chi connectivity index (χ4v) is 2.75. The van der Waals surface area contributed by atoms with Crippen LogP contribution in [-0.2, 0) is 19.2 Å². The minimum absolute atomic E-state index is 0.0763. The first-order valence-corrected chi connectivity index (χ1v) is 10.2. The van der Waals surface area contributed by atoms with Gasteiger partial charge in [0.2, 0.25) is 17.7 Å². The summed E-state index contributed by atoms with van der Waals surface area (Å²) >= 11 is 0. The number of aliphatic carboxylic acids is 1. The Hall–Kier alpha value is -2.16. The molecular formula is C20H38N4O5. The Balaban J connectivity index is 5.34. The van der Waals surface area contributed by atoms with Gasteiger partial charge in [-0.05, 0) is 37.5 Å². The molecule has 4 unspecified atom stereocenters. The van der Waals surface area contributed by atoms with Crippen LogP contribution in [0.1, 0.15) is 61.3 Å². The van der Waals surface area contributed by atoms with Gasteiger partial charge >= 0.3 is 5.97 Å². The number of carboxylic acid groups (broad SMARTS) is 1. The van der Waals surface area contributed by atoms with Gasteiger partial charge in [-0.1, -0.05) is 41.5 Å². The van der Waals surface area contributed by atoms with Crippen LogP contribution >= 0.6 is 0 Å². The highest BCUT2D eigenvalue weighted by Crippen LogP contribution is 2.10. The van der Waals surface area contributed by atoms with Crippen molar-refractivity contribution in [2.75, 3.05) is 0 Å². The molecule has 0 saturated carbocycles. The first-order valence-electron chi connectivity index (χ1n) is 10.2. The average molecular weight is 415 g/mol. The topological polar surface area (TPSA) is 151 Å². The second-order valence-electron chi connectivity index (χ2n) is 8.74. The summed E-state index contributed by atoms with van der Waals surface area (Å²) in [5.41, 5.74) is 5.57. The van der Waals surface area contributed by atoms with Gasteiger partial charge in [0.15, 0.2) is 0 Å². The lowest BCUT2D eigenvalue weighted by atomic mass is 9.98. The van der Waals surface area contributed by atoms with Crippen molar-refractivity contribution in [3.63, 3.8) is 0 Å². The smallest absolute Gasteiger partial charge is 0.326 e. The Kier molecular flexibility index (Phi) is 11.5. The highest BCUT2D eigenvalue weighted by Gasteiger charge is 2.32. The molecule has 4 atom stereocenters. The van der Waals surface area contributed by atoms with Crippen LogP contribution in [-0.4, -0.2) is 53.0 Å². The molecule has 0 saturated heterocycles. The van der Waals surface area contributed by atoms with Crippen molar-refractivity contribution in [2.45, 2.75) is 85.5 Å². The Bertz CT molecular complexity index is 575. The van der Waals surface area contributed by atoms with Crippen LogP contribution in [0.25, 0.3) is 0 Å². The number of hydrogen-bond donors (Lipinski definition) is 5. The summed E-state index contributed by atoms with van der Waals surface area (Å²) in [6, 6.07) is -3.58. The maximum atomic E-state index is 12.8. The molecule has 9 nitrogen and oxygen atoms in total. The standard InChI is InChI=1S/C20H38N4O5/c1-10(2)8-14(22-17(25)13(7)21)18(26)24-16(12(5)6)19(27)23-15(20(28)29)9-11(3)4/h10-16H,8-9,21H2,1-7H3,(H,22,25)(H,23,27)(H,24,26)(H,28,29). The Labute approximate surface area is 173 Å². The second kappa shape index (κ2) is 12.4. The summed E-state index contributed by atoms with van der Waals surface area (Å²) in [6.45, 7) is 12.6. The zero-order valence-corrected chi connectivity index (χ0v) is 18.6. The first-order chi connectivity index (χ1) is 13.3. The third-order valence-electron chi connectivity index (χ3n) is 4.32. The first kappa shape index (κ1) is 26.8. The van der Waals surface area contributed by atoms with Crippen molar-refractivity contribution >= 4 is 23.7 Å². The number of nitrogens with two attached hydrogens (primary N) is 1. The van der Waals surface area contributed by atoms with Crippen molar-refractivity contribution in [3.05, 3.63) is 0 Å². The minimum Gasteiger partial charge on any atom is -0.480 e. The molecule has 0 radical (unpaired) electrons. The van der Waals surface area contributed by atoms with Gasteiger partial charge in [-0.2, -0.15) is 0 Å². The molecule has 0 rings (SSSR count). The Morgan fingerprint density at radius 2 is 1.17 bits per heavy atom. The summed E-state index contributed by atoms with van der Waals surface area (Å²) in [4.78, 5) is 48.9. The van der Waals surface area contributed by atoms with Crippen LogP contribution in [0.2, 0.25) is 0 Å². The molecule has 0 spiro atoms. The molecule has 0 heterocycles. The van der Waals surface area contributed by atoms with E-state index in [1.807, 2.05) is 27.7 Å². The Morgan fingerprint density at radius 1 is 0.724 bits per heavy atom. The number of carboxylic acids is 1. The minimum atomic E-state index is -1.12. The molecule has 3 amide bonds. The van der Waals surface area contributed by atoms with E-state index in [0.29, 0.717) is 6.42 Å². The van der Waals surface area contributed by atoms with E-state index in [4.69, 9.17) is 5.73 Å². The number of carbonyl (C=O) groups is 4. The van der Waals surface area contributed by atoms with Gasteiger partial charge in [-0.15, -0.1) is 0 Å². The molecule has 0 aromatic heterocycles. The van der Waals surface area contributed by atoms with E-state index in [2.05, 4.69) is 16.0 Å². The largest absolute Gasteiger partial charge is 0.480 e. The highest BCUT2D eigenvalue weighted by molar-refractivity contribution is 5.94. The van der Waals surface area contributed by atoms with Gasteiger partial charge in [0.1, 0.15) is 18.1 Å². The predicted molar refractivity (Wildman–Crippen MR) is 111 cm³/mol. The lowest BCUT2D eigenvalue weighted by Gasteiger charge is -2.27. The molecule has 0 fully saturated rings. The monoisotopic (exact) mass is 414 g/mol. The van der Waals surface area contributed by atoms with Gasteiger partial charge < -0.3 is 26.8 Å². The number of rotatable bonds is 12. The van der Waals surface area contributed by atoms with Crippen molar-refractivity contribution in [3.8, 4) is 0 Å². The lowest BCUT2D eigenvalue weighted by molar-refractivity contribution is -0.143. The molecule has 0 bridgehead atoms. The number of hydrogen-bond acceptors (Lipinski definition) is 5. The van der Waals surface area contributed by atoms with Crippen LogP contribution in [0.4, 0.5) is 0 Å². The van der Waals surface area contributed by atoms with E-state index in [0.717, 1.165) is 0 Å². The summed E-state index contributed by atoms with van der Waals surface area (Å²) in [5.74, 6) is -2.74. The van der Waals surface area contributed by atoms with E-state index in [1.54, 1.807) is 13.8 Å². The van der Waals surface area contributed by atoms with Crippen molar-refractivity contribution < 1.29 is 24.3 Å². The molecule has 0 aliphatic rings. The predicted octanol–water partition coefficient (Wildman–Crippen LogP) is 0.621. The fourth-order valence-electron chi connectivity index (χ4n) is 2.75. The van der Waals surface area contributed by atoms with Gasteiger partial charge in [-0.25, -0.2) is 4.79 Å². The van der Waals surface area contributed by atoms with E-state index in [1.165, 1.54) is 6.92 Å². The van der Waals surface area contributed by atoms with Crippen LogP contribution < -0.4 is 21.7 Å². The number of nitrogens with one attached hydrogen (secondary N) is 3. The van der Waals surface area contributed by atoms with Gasteiger partial charge in [0.05, 0.1) is 6.04 Å². The normalized spacial score (nSPS) is 15.6. The molecule has 6 N–H and O–H groups in total. The summed E-state index contributed by atoms with van der Waals surface area (Å²) in [7, 11) is 0. The van der Waals surface area contributed by atoms with E-state index in [9.17, 15) is 24.3 Å². The molecular weight excluding hydrogens is 376 g/mol. The van der Waals surface area contributed by atoms with Gasteiger partial charge in [0, 0.05) is 0 Å². The average Bonchev–Trinajstić information content (AvgIpc) is 2.56. The molecule has 0 aromatic rings. The third kappa shape index (κ3) is 10.3. The number of carbonyl (C=O) groups excluding carboxylic acids is 3. The molecule has 0 aliphatic carbocycles. The van der Waals surface area contributed by atoms with Gasteiger partial charge in [-0.3, -0.25) is 14.4 Å². The SMILES string of the molecule is CC(C)CC(NC(=O)C(NC(=O)C(CC(C)C)NC(=O)C(C)N)C(C)C)C(=O)O. The Morgan fingerprint density at radius 3 is 1.55 bits per heavy atom. The van der Waals surface area contributed by atoms with Crippen molar-refractivity contribution in [1.29, 1.82) is 0 Å². The van der Waals surface area contributed by atoms with Crippen molar-refractivity contribution in [1.82, 2.24) is 16.0 Å². The fraction of sp³-hybridized carbons (Fsp3) is 0.800. The van der Waals surface area contributed by atoms with Gasteiger partial charge in [0.25, 0.3) is 0 Å². The highest BCUT2D eigenvalue weighted by atomic mass is 16.4. The number of amides is 3. The molecule has 0 aromatic carbocycles.